The van der Waals surface area contributed by atoms with Crippen LogP contribution in [-0.4, -0.2) is 11.6 Å². The van der Waals surface area contributed by atoms with Crippen molar-refractivity contribution in [3.05, 3.63) is 11.6 Å². The molecular weight excluding hydrogens is 284 g/mol. The van der Waals surface area contributed by atoms with E-state index in [1.54, 1.807) is 0 Å². The van der Waals surface area contributed by atoms with Gasteiger partial charge in [0.25, 0.3) is 0 Å². The standard InChI is InChI=1S/C21H30O2/c1-4-13-6-8-17-16-7-5-14-11-15(22)9-10-20(14,2)19(16)18(23)12-21(13,17)3/h11,13,16-17,19H,4-10,12H2,1-3H3/t13-,16?,17?,19?,20-,21+/m0/s1. The van der Waals surface area contributed by atoms with E-state index < -0.39 is 0 Å². The quantitative estimate of drug-likeness (QED) is 0.701. The molecule has 6 atom stereocenters. The highest BCUT2D eigenvalue weighted by atomic mass is 16.1. The molecule has 0 spiro atoms. The fourth-order valence-electron chi connectivity index (χ4n) is 7.15. The van der Waals surface area contributed by atoms with E-state index in [0.29, 0.717) is 18.1 Å². The Morgan fingerprint density at radius 3 is 2.65 bits per heavy atom. The van der Waals surface area contributed by atoms with Crippen LogP contribution in [0.1, 0.15) is 72.1 Å². The topological polar surface area (TPSA) is 34.1 Å². The smallest absolute Gasteiger partial charge is 0.155 e. The number of allylic oxidation sites excluding steroid dienone is 1. The largest absolute Gasteiger partial charge is 0.299 e. The zero-order valence-corrected chi connectivity index (χ0v) is 14.9. The molecule has 0 aromatic heterocycles. The van der Waals surface area contributed by atoms with Crippen molar-refractivity contribution in [3.8, 4) is 0 Å². The average Bonchev–Trinajstić information content (AvgIpc) is 2.83. The van der Waals surface area contributed by atoms with Gasteiger partial charge in [0.1, 0.15) is 5.78 Å². The molecule has 4 aliphatic carbocycles. The van der Waals surface area contributed by atoms with Gasteiger partial charge in [-0.1, -0.05) is 32.8 Å². The molecule has 4 rings (SSSR count). The van der Waals surface area contributed by atoms with E-state index in [9.17, 15) is 9.59 Å². The monoisotopic (exact) mass is 314 g/mol. The molecule has 2 nitrogen and oxygen atoms in total. The lowest BCUT2D eigenvalue weighted by Gasteiger charge is -2.57. The molecule has 0 radical (unpaired) electrons. The summed E-state index contributed by atoms with van der Waals surface area (Å²) in [5.74, 6) is 2.99. The van der Waals surface area contributed by atoms with Crippen LogP contribution in [0.25, 0.3) is 0 Å². The molecule has 3 fully saturated rings. The second-order valence-electron chi connectivity index (χ2n) is 9.17. The number of carbonyl (C=O) groups excluding carboxylic acids is 2. The molecular formula is C21H30O2. The Labute approximate surface area is 140 Å². The highest BCUT2D eigenvalue weighted by molar-refractivity contribution is 5.93. The fourth-order valence-corrected chi connectivity index (χ4v) is 7.15. The third-order valence-electron chi connectivity index (χ3n) is 8.34. The van der Waals surface area contributed by atoms with Gasteiger partial charge >= 0.3 is 0 Å². The van der Waals surface area contributed by atoms with E-state index in [1.165, 1.54) is 24.8 Å². The number of hydrogen-bond acceptors (Lipinski definition) is 2. The molecule has 0 aliphatic heterocycles. The van der Waals surface area contributed by atoms with Crippen molar-refractivity contribution in [2.24, 2.45) is 34.5 Å². The van der Waals surface area contributed by atoms with Gasteiger partial charge < -0.3 is 0 Å². The Balaban J connectivity index is 1.73. The third kappa shape index (κ3) is 1.99. The minimum absolute atomic E-state index is 0.0282. The molecule has 0 N–H and O–H groups in total. The maximum Gasteiger partial charge on any atom is 0.155 e. The number of rotatable bonds is 1. The SMILES string of the molecule is CC[C@H]1CCC2C3CCC4=CC(=O)CC[C@]4(C)C3C(=O)C[C@@]21C. The van der Waals surface area contributed by atoms with E-state index in [4.69, 9.17) is 0 Å². The lowest BCUT2D eigenvalue weighted by molar-refractivity contribution is -0.146. The zero-order valence-electron chi connectivity index (χ0n) is 14.9. The van der Waals surface area contributed by atoms with E-state index in [-0.39, 0.29) is 22.5 Å². The summed E-state index contributed by atoms with van der Waals surface area (Å²) < 4.78 is 0. The summed E-state index contributed by atoms with van der Waals surface area (Å²) in [4.78, 5) is 25.1. The molecule has 3 unspecified atom stereocenters. The van der Waals surface area contributed by atoms with Crippen molar-refractivity contribution in [3.63, 3.8) is 0 Å². The summed E-state index contributed by atoms with van der Waals surface area (Å²) in [5.41, 5.74) is 1.51. The Morgan fingerprint density at radius 2 is 1.91 bits per heavy atom. The van der Waals surface area contributed by atoms with Gasteiger partial charge in [0.15, 0.2) is 5.78 Å². The number of ketones is 2. The fraction of sp³-hybridized carbons (Fsp3) is 0.810. The first-order chi connectivity index (χ1) is 10.9. The number of hydrogen-bond donors (Lipinski definition) is 0. The molecule has 0 bridgehead atoms. The van der Waals surface area contributed by atoms with Crippen LogP contribution in [0.5, 0.6) is 0 Å². The third-order valence-corrected chi connectivity index (χ3v) is 8.34. The average molecular weight is 314 g/mol. The molecule has 2 heteroatoms. The summed E-state index contributed by atoms with van der Waals surface area (Å²) in [6.07, 6.45) is 10.2. The van der Waals surface area contributed by atoms with Crippen LogP contribution in [-0.2, 0) is 9.59 Å². The van der Waals surface area contributed by atoms with Crippen molar-refractivity contribution < 1.29 is 9.59 Å². The summed E-state index contributed by atoms with van der Waals surface area (Å²) in [6.45, 7) is 6.99. The summed E-state index contributed by atoms with van der Waals surface area (Å²) in [5, 5.41) is 0. The summed E-state index contributed by atoms with van der Waals surface area (Å²) in [6, 6.07) is 0. The highest BCUT2D eigenvalue weighted by Crippen LogP contribution is 2.65. The van der Waals surface area contributed by atoms with Crippen molar-refractivity contribution in [1.82, 2.24) is 0 Å². The van der Waals surface area contributed by atoms with E-state index in [2.05, 4.69) is 20.8 Å². The number of carbonyl (C=O) groups is 2. The van der Waals surface area contributed by atoms with Crippen LogP contribution < -0.4 is 0 Å². The summed E-state index contributed by atoms with van der Waals surface area (Å²) in [7, 11) is 0. The van der Waals surface area contributed by atoms with Gasteiger partial charge in [-0.2, -0.15) is 0 Å². The second-order valence-corrected chi connectivity index (χ2v) is 9.17. The first kappa shape index (κ1) is 15.6. The predicted octanol–water partition coefficient (Wildman–Crippen LogP) is 4.72. The summed E-state index contributed by atoms with van der Waals surface area (Å²) >= 11 is 0. The first-order valence-corrected chi connectivity index (χ1v) is 9.66. The Morgan fingerprint density at radius 1 is 1.13 bits per heavy atom. The minimum Gasteiger partial charge on any atom is -0.299 e. The van der Waals surface area contributed by atoms with Crippen LogP contribution in [0.4, 0.5) is 0 Å². The molecule has 4 aliphatic rings. The van der Waals surface area contributed by atoms with Crippen molar-refractivity contribution >= 4 is 11.6 Å². The van der Waals surface area contributed by atoms with Gasteiger partial charge in [-0.25, -0.2) is 0 Å². The van der Waals surface area contributed by atoms with Crippen LogP contribution in [0.3, 0.4) is 0 Å². The predicted molar refractivity (Wildman–Crippen MR) is 90.9 cm³/mol. The first-order valence-electron chi connectivity index (χ1n) is 9.66. The van der Waals surface area contributed by atoms with Crippen molar-refractivity contribution in [2.75, 3.05) is 0 Å². The number of Topliss-reactive ketones (excluding diaryl/α,β-unsaturated/α-hetero) is 1. The number of fused-ring (bicyclic) bond motifs is 5. The molecule has 0 saturated heterocycles. The van der Waals surface area contributed by atoms with E-state index in [0.717, 1.165) is 37.5 Å². The Hall–Kier alpha value is -0.920. The van der Waals surface area contributed by atoms with E-state index in [1.807, 2.05) is 6.08 Å². The maximum absolute atomic E-state index is 13.3. The normalized spacial score (nSPS) is 49.3. The second kappa shape index (κ2) is 5.04. The van der Waals surface area contributed by atoms with Gasteiger partial charge in [-0.05, 0) is 66.8 Å². The maximum atomic E-state index is 13.3. The minimum atomic E-state index is -0.0282. The highest BCUT2D eigenvalue weighted by Gasteiger charge is 2.61. The molecule has 23 heavy (non-hydrogen) atoms. The molecule has 0 amide bonds. The van der Waals surface area contributed by atoms with Crippen molar-refractivity contribution in [2.45, 2.75) is 72.1 Å². The van der Waals surface area contributed by atoms with Gasteiger partial charge in [0.05, 0.1) is 0 Å². The molecule has 0 aromatic rings. The lowest BCUT2D eigenvalue weighted by atomic mass is 9.46. The van der Waals surface area contributed by atoms with Crippen LogP contribution in [0.15, 0.2) is 11.6 Å². The van der Waals surface area contributed by atoms with Crippen molar-refractivity contribution in [1.29, 1.82) is 0 Å². The van der Waals surface area contributed by atoms with Crippen LogP contribution in [0, 0.1) is 34.5 Å². The molecule has 0 aromatic carbocycles. The van der Waals surface area contributed by atoms with E-state index >= 15 is 0 Å². The Bertz CT molecular complexity index is 589. The van der Waals surface area contributed by atoms with Gasteiger partial charge in [0, 0.05) is 18.8 Å². The zero-order chi connectivity index (χ0) is 16.4. The van der Waals surface area contributed by atoms with Gasteiger partial charge in [0.2, 0.25) is 0 Å². The Kier molecular flexibility index (Phi) is 3.42. The molecule has 0 heterocycles. The molecule has 126 valence electrons. The molecule has 3 saturated carbocycles. The van der Waals surface area contributed by atoms with Crippen LogP contribution in [0.2, 0.25) is 0 Å². The lowest BCUT2D eigenvalue weighted by Crippen LogP contribution is -2.54. The van der Waals surface area contributed by atoms with Crippen LogP contribution >= 0.6 is 0 Å². The van der Waals surface area contributed by atoms with Gasteiger partial charge in [-0.3, -0.25) is 9.59 Å². The van der Waals surface area contributed by atoms with Gasteiger partial charge in [-0.15, -0.1) is 0 Å².